The summed E-state index contributed by atoms with van der Waals surface area (Å²) in [5.41, 5.74) is 0. The number of carboxylic acid groups (broad SMARTS) is 2. The predicted molar refractivity (Wildman–Crippen MR) is 164 cm³/mol. The van der Waals surface area contributed by atoms with E-state index in [1.54, 1.807) is 27.7 Å². The zero-order chi connectivity index (χ0) is 34.6. The normalized spacial score (nSPS) is 18.4. The number of carboxylic acids is 2. The molecule has 1 fully saturated rings. The standard InChI is InChI=1S/C28H46N6O10S/c1-7-14(4)22(33-24(39)17(11-20(36)37)30-23(38)15(5)29-16(6)35)26(41)32-21(13(2)3)27(42)34-10-8-9-19(34)25(40)31-18(12-45)28(43)44/h13-15,17-19,21-22,45H,7-12H2,1-6H3,(H,29,35)(H,30,38)(H,31,40)(H,32,41)(H,33,39)(H,36,37)(H,43,44)/t14-,15-,17+,18-,19-,21-,22-/m0/s1. The molecular weight excluding hydrogens is 612 g/mol. The number of nitrogens with one attached hydrogen (secondary N) is 5. The minimum atomic E-state index is -1.58. The summed E-state index contributed by atoms with van der Waals surface area (Å²) in [6, 6.07) is -7.21. The third-order valence-corrected chi connectivity index (χ3v) is 7.85. The minimum absolute atomic E-state index is 0.152. The Morgan fingerprint density at radius 3 is 1.91 bits per heavy atom. The van der Waals surface area contributed by atoms with Crippen LogP contribution in [0.2, 0.25) is 0 Å². The van der Waals surface area contributed by atoms with E-state index in [1.807, 2.05) is 0 Å². The Bertz CT molecular complexity index is 1140. The predicted octanol–water partition coefficient (Wildman–Crippen LogP) is -1.37. The Morgan fingerprint density at radius 1 is 0.822 bits per heavy atom. The van der Waals surface area contributed by atoms with E-state index in [-0.39, 0.29) is 18.7 Å². The van der Waals surface area contributed by atoms with Crippen LogP contribution in [0, 0.1) is 11.8 Å². The number of thiol groups is 1. The highest BCUT2D eigenvalue weighted by Crippen LogP contribution is 2.21. The third kappa shape index (κ3) is 11.9. The number of nitrogens with zero attached hydrogens (tertiary/aromatic N) is 1. The van der Waals surface area contributed by atoms with Gasteiger partial charge in [0.05, 0.1) is 6.42 Å². The molecule has 0 aromatic rings. The van der Waals surface area contributed by atoms with Gasteiger partial charge < -0.3 is 41.7 Å². The Morgan fingerprint density at radius 2 is 1.42 bits per heavy atom. The molecule has 254 valence electrons. The number of aliphatic carboxylic acids is 2. The van der Waals surface area contributed by atoms with Gasteiger partial charge in [-0.05, 0) is 31.6 Å². The van der Waals surface area contributed by atoms with Crippen molar-refractivity contribution in [2.45, 2.75) is 103 Å². The van der Waals surface area contributed by atoms with E-state index in [2.05, 4.69) is 39.2 Å². The summed E-state index contributed by atoms with van der Waals surface area (Å²) in [6.45, 7) is 9.53. The molecule has 1 aliphatic heterocycles. The monoisotopic (exact) mass is 658 g/mol. The molecule has 1 aliphatic rings. The lowest BCUT2D eigenvalue weighted by Crippen LogP contribution is -2.61. The number of rotatable bonds is 17. The molecule has 7 N–H and O–H groups in total. The third-order valence-electron chi connectivity index (χ3n) is 7.48. The summed E-state index contributed by atoms with van der Waals surface area (Å²) in [6.07, 6.45) is 0.362. The van der Waals surface area contributed by atoms with Crippen LogP contribution in [0.25, 0.3) is 0 Å². The fraction of sp³-hybridized carbons (Fsp3) is 0.714. The van der Waals surface area contributed by atoms with Crippen LogP contribution in [-0.4, -0.2) is 111 Å². The molecule has 0 unspecified atom stereocenters. The average Bonchev–Trinajstić information content (AvgIpc) is 3.45. The van der Waals surface area contributed by atoms with Crippen molar-refractivity contribution < 1.29 is 48.6 Å². The minimum Gasteiger partial charge on any atom is -0.481 e. The van der Waals surface area contributed by atoms with Crippen molar-refractivity contribution in [1.29, 1.82) is 0 Å². The molecule has 17 heteroatoms. The number of amides is 6. The van der Waals surface area contributed by atoms with Gasteiger partial charge in [0, 0.05) is 19.2 Å². The van der Waals surface area contributed by atoms with Crippen LogP contribution < -0.4 is 26.6 Å². The van der Waals surface area contributed by atoms with Crippen LogP contribution in [0.4, 0.5) is 0 Å². The molecule has 0 spiro atoms. The van der Waals surface area contributed by atoms with Gasteiger partial charge in [-0.15, -0.1) is 0 Å². The zero-order valence-corrected chi connectivity index (χ0v) is 27.3. The van der Waals surface area contributed by atoms with Gasteiger partial charge >= 0.3 is 11.9 Å². The van der Waals surface area contributed by atoms with E-state index in [0.717, 1.165) is 0 Å². The lowest BCUT2D eigenvalue weighted by molar-refractivity contribution is -0.145. The van der Waals surface area contributed by atoms with Crippen molar-refractivity contribution >= 4 is 60.0 Å². The SMILES string of the molecule is CC[C@H](C)[C@H](NC(=O)[C@@H](CC(=O)O)NC(=O)[C@H](C)NC(C)=O)C(=O)N[C@H](C(=O)N1CCC[C@H]1C(=O)N[C@@H](CS)C(=O)O)C(C)C. The Hall–Kier alpha value is -3.89. The van der Waals surface area contributed by atoms with Gasteiger partial charge in [0.1, 0.15) is 36.3 Å². The maximum Gasteiger partial charge on any atom is 0.327 e. The molecule has 1 rings (SSSR count). The highest BCUT2D eigenvalue weighted by molar-refractivity contribution is 7.80. The van der Waals surface area contributed by atoms with Crippen molar-refractivity contribution in [2.24, 2.45) is 11.8 Å². The average molecular weight is 659 g/mol. The summed E-state index contributed by atoms with van der Waals surface area (Å²) < 4.78 is 0. The molecule has 16 nitrogen and oxygen atoms in total. The second-order valence-corrected chi connectivity index (χ2v) is 11.8. The summed E-state index contributed by atoms with van der Waals surface area (Å²) in [7, 11) is 0. The highest BCUT2D eigenvalue weighted by atomic mass is 32.1. The molecule has 45 heavy (non-hydrogen) atoms. The molecular formula is C28H46N6O10S. The van der Waals surface area contributed by atoms with Gasteiger partial charge in [0.25, 0.3) is 0 Å². The van der Waals surface area contributed by atoms with E-state index in [9.17, 15) is 48.6 Å². The Balaban J connectivity index is 3.17. The van der Waals surface area contributed by atoms with E-state index < -0.39 is 102 Å². The molecule has 1 heterocycles. The van der Waals surface area contributed by atoms with Crippen molar-refractivity contribution in [3.63, 3.8) is 0 Å². The molecule has 0 aromatic heterocycles. The Labute approximate surface area is 267 Å². The van der Waals surface area contributed by atoms with Crippen molar-refractivity contribution in [1.82, 2.24) is 31.5 Å². The van der Waals surface area contributed by atoms with Crippen LogP contribution >= 0.6 is 12.6 Å². The van der Waals surface area contributed by atoms with Gasteiger partial charge in [0.15, 0.2) is 0 Å². The first kappa shape index (κ1) is 39.1. The van der Waals surface area contributed by atoms with E-state index in [4.69, 9.17) is 0 Å². The summed E-state index contributed by atoms with van der Waals surface area (Å²) >= 11 is 3.95. The first-order chi connectivity index (χ1) is 20.9. The molecule has 0 radical (unpaired) electrons. The highest BCUT2D eigenvalue weighted by Gasteiger charge is 2.41. The first-order valence-corrected chi connectivity index (χ1v) is 15.4. The van der Waals surface area contributed by atoms with Gasteiger partial charge in [0.2, 0.25) is 35.4 Å². The van der Waals surface area contributed by atoms with Gasteiger partial charge in [-0.2, -0.15) is 12.6 Å². The lowest BCUT2D eigenvalue weighted by atomic mass is 9.95. The number of hydrogen-bond donors (Lipinski definition) is 8. The maximum atomic E-state index is 13.7. The topological polar surface area (TPSA) is 240 Å². The van der Waals surface area contributed by atoms with Crippen LogP contribution in [0.15, 0.2) is 0 Å². The lowest BCUT2D eigenvalue weighted by Gasteiger charge is -2.33. The fourth-order valence-corrected chi connectivity index (χ4v) is 4.95. The smallest absolute Gasteiger partial charge is 0.327 e. The fourth-order valence-electron chi connectivity index (χ4n) is 4.70. The molecule has 0 saturated carbocycles. The molecule has 0 bridgehead atoms. The molecule has 0 aromatic carbocycles. The summed E-state index contributed by atoms with van der Waals surface area (Å²) in [5, 5.41) is 30.8. The van der Waals surface area contributed by atoms with Crippen molar-refractivity contribution in [3.8, 4) is 0 Å². The van der Waals surface area contributed by atoms with Crippen LogP contribution in [-0.2, 0) is 38.4 Å². The molecule has 0 aliphatic carbocycles. The summed E-state index contributed by atoms with van der Waals surface area (Å²) in [4.78, 5) is 101. The zero-order valence-electron chi connectivity index (χ0n) is 26.4. The molecule has 7 atom stereocenters. The van der Waals surface area contributed by atoms with Gasteiger partial charge in [-0.3, -0.25) is 33.6 Å². The number of hydrogen-bond acceptors (Lipinski definition) is 9. The number of carbonyl (C=O) groups excluding carboxylic acids is 6. The maximum absolute atomic E-state index is 13.7. The second-order valence-electron chi connectivity index (χ2n) is 11.5. The van der Waals surface area contributed by atoms with Gasteiger partial charge in [-0.1, -0.05) is 34.1 Å². The molecule has 6 amide bonds. The van der Waals surface area contributed by atoms with Crippen molar-refractivity contribution in [2.75, 3.05) is 12.3 Å². The van der Waals surface area contributed by atoms with Crippen LogP contribution in [0.5, 0.6) is 0 Å². The van der Waals surface area contributed by atoms with Crippen molar-refractivity contribution in [3.05, 3.63) is 0 Å². The van der Waals surface area contributed by atoms with Crippen LogP contribution in [0.3, 0.4) is 0 Å². The Kier molecular flexibility index (Phi) is 15.8. The largest absolute Gasteiger partial charge is 0.481 e. The second kappa shape index (κ2) is 18.2. The van der Waals surface area contributed by atoms with Crippen LogP contribution in [0.1, 0.15) is 67.2 Å². The summed E-state index contributed by atoms with van der Waals surface area (Å²) in [5.74, 6) is -8.00. The first-order valence-electron chi connectivity index (χ1n) is 14.8. The van der Waals surface area contributed by atoms with E-state index >= 15 is 0 Å². The molecule has 1 saturated heterocycles. The number of likely N-dealkylation sites (tertiary alicyclic amines) is 1. The van der Waals surface area contributed by atoms with E-state index in [1.165, 1.54) is 18.7 Å². The number of carbonyl (C=O) groups is 8. The van der Waals surface area contributed by atoms with Gasteiger partial charge in [-0.25, -0.2) is 4.79 Å². The van der Waals surface area contributed by atoms with E-state index in [0.29, 0.717) is 12.8 Å². The quantitative estimate of drug-likeness (QED) is 0.0853.